The van der Waals surface area contributed by atoms with Gasteiger partial charge in [0.05, 0.1) is 5.56 Å². The van der Waals surface area contributed by atoms with E-state index in [0.29, 0.717) is 5.92 Å². The molecule has 2 aromatic carbocycles. The molecule has 30 heavy (non-hydrogen) atoms. The Kier molecular flexibility index (Phi) is 4.86. The van der Waals surface area contributed by atoms with E-state index in [1.54, 1.807) is 6.07 Å². The highest BCUT2D eigenvalue weighted by Crippen LogP contribution is 2.45. The summed E-state index contributed by atoms with van der Waals surface area (Å²) in [5.41, 5.74) is 5.99. The Morgan fingerprint density at radius 3 is 2.77 bits per heavy atom. The molecule has 0 spiro atoms. The Balaban J connectivity index is 1.51. The number of nitrogens with one attached hydrogen (secondary N) is 1. The van der Waals surface area contributed by atoms with Gasteiger partial charge in [-0.1, -0.05) is 18.6 Å². The maximum atomic E-state index is 14.4. The number of aromatic carboxylic acids is 1. The summed E-state index contributed by atoms with van der Waals surface area (Å²) in [6, 6.07) is 9.27. The molecule has 4 nitrogen and oxygen atoms in total. The minimum absolute atomic E-state index is 0.110. The molecule has 5 rings (SSSR count). The van der Waals surface area contributed by atoms with E-state index in [1.165, 1.54) is 52.6 Å². The van der Waals surface area contributed by atoms with Crippen molar-refractivity contribution in [3.63, 3.8) is 0 Å². The van der Waals surface area contributed by atoms with Crippen molar-refractivity contribution in [3.05, 3.63) is 70.2 Å². The number of H-pyrrole nitrogens is 1. The number of rotatable bonds is 5. The molecule has 1 atom stereocenters. The number of aromatic amines is 1. The van der Waals surface area contributed by atoms with Crippen LogP contribution in [0.2, 0.25) is 0 Å². The van der Waals surface area contributed by atoms with Crippen molar-refractivity contribution in [2.24, 2.45) is 0 Å². The van der Waals surface area contributed by atoms with Gasteiger partial charge in [-0.3, -0.25) is 4.90 Å². The number of nitrogens with zero attached hydrogens (tertiary/aromatic N) is 1. The van der Waals surface area contributed by atoms with Gasteiger partial charge in [-0.15, -0.1) is 0 Å². The minimum atomic E-state index is -1.22. The first-order valence-electron chi connectivity index (χ1n) is 10.9. The largest absolute Gasteiger partial charge is 0.478 e. The summed E-state index contributed by atoms with van der Waals surface area (Å²) in [7, 11) is 0. The number of carboxylic acids is 1. The Morgan fingerprint density at radius 2 is 2.03 bits per heavy atom. The molecule has 1 aromatic heterocycles. The standard InChI is InChI=1S/C25H27FN2O2/c1-15-12-20(16-5-6-16)21(18-9-10-27-24(15)18)14-28-11-3-2-4-23(28)17-7-8-19(25(29)30)22(26)13-17/h7-10,12-13,16,23,27H,2-6,11,14H2,1H3,(H,29,30). The fraction of sp³-hybridized carbons (Fsp3) is 0.400. The SMILES string of the molecule is Cc1cc(C2CC2)c(CN2CCCCC2c2ccc(C(=O)O)c(F)c2)c2cc[nH]c12. The van der Waals surface area contributed by atoms with Gasteiger partial charge in [-0.2, -0.15) is 0 Å². The number of aromatic nitrogens is 1. The van der Waals surface area contributed by atoms with Gasteiger partial charge in [-0.25, -0.2) is 9.18 Å². The van der Waals surface area contributed by atoms with Crippen LogP contribution >= 0.6 is 0 Å². The number of halogens is 1. The van der Waals surface area contributed by atoms with Crippen molar-refractivity contribution < 1.29 is 14.3 Å². The molecule has 2 aliphatic rings. The molecule has 1 unspecified atom stereocenters. The molecule has 2 fully saturated rings. The van der Waals surface area contributed by atoms with Gasteiger partial charge in [0.15, 0.2) is 0 Å². The summed E-state index contributed by atoms with van der Waals surface area (Å²) in [4.78, 5) is 17.1. The molecule has 5 heteroatoms. The van der Waals surface area contributed by atoms with E-state index >= 15 is 0 Å². The third kappa shape index (κ3) is 3.41. The minimum Gasteiger partial charge on any atom is -0.478 e. The van der Waals surface area contributed by atoms with Crippen molar-refractivity contribution in [1.82, 2.24) is 9.88 Å². The van der Waals surface area contributed by atoms with Crippen molar-refractivity contribution in [1.29, 1.82) is 0 Å². The second-order valence-electron chi connectivity index (χ2n) is 8.83. The third-order valence-corrected chi connectivity index (χ3v) is 6.79. The highest BCUT2D eigenvalue weighted by Gasteiger charge is 2.31. The van der Waals surface area contributed by atoms with E-state index in [9.17, 15) is 9.18 Å². The Hall–Kier alpha value is -2.66. The van der Waals surface area contributed by atoms with Gasteiger partial charge in [-0.05, 0) is 85.5 Å². The molecule has 0 bridgehead atoms. The summed E-state index contributed by atoms with van der Waals surface area (Å²) in [6.45, 7) is 3.98. The molecular weight excluding hydrogens is 379 g/mol. The number of aryl methyl sites for hydroxylation is 1. The van der Waals surface area contributed by atoms with Crippen molar-refractivity contribution in [3.8, 4) is 0 Å². The van der Waals surface area contributed by atoms with Crippen LogP contribution < -0.4 is 0 Å². The number of piperidine rings is 1. The zero-order valence-electron chi connectivity index (χ0n) is 17.2. The zero-order chi connectivity index (χ0) is 20.8. The number of benzene rings is 2. The fourth-order valence-corrected chi connectivity index (χ4v) is 5.10. The summed E-state index contributed by atoms with van der Waals surface area (Å²) >= 11 is 0. The van der Waals surface area contributed by atoms with E-state index in [-0.39, 0.29) is 11.6 Å². The summed E-state index contributed by atoms with van der Waals surface area (Å²) < 4.78 is 14.4. The van der Waals surface area contributed by atoms with Crippen molar-refractivity contribution in [2.75, 3.05) is 6.54 Å². The first-order valence-corrected chi connectivity index (χ1v) is 10.9. The van der Waals surface area contributed by atoms with Gasteiger partial charge in [0.2, 0.25) is 0 Å². The average molecular weight is 407 g/mol. The molecule has 2 heterocycles. The van der Waals surface area contributed by atoms with Crippen LogP contribution in [0.3, 0.4) is 0 Å². The van der Waals surface area contributed by atoms with Gasteiger partial charge >= 0.3 is 5.97 Å². The molecule has 1 aliphatic carbocycles. The van der Waals surface area contributed by atoms with Crippen molar-refractivity contribution >= 4 is 16.9 Å². The highest BCUT2D eigenvalue weighted by atomic mass is 19.1. The Labute approximate surface area is 175 Å². The quantitative estimate of drug-likeness (QED) is 0.553. The average Bonchev–Trinajstić information content (AvgIpc) is 3.45. The summed E-state index contributed by atoms with van der Waals surface area (Å²) in [5.74, 6) is -1.20. The van der Waals surface area contributed by atoms with Gasteiger partial charge in [0, 0.05) is 29.7 Å². The zero-order valence-corrected chi connectivity index (χ0v) is 17.2. The lowest BCUT2D eigenvalue weighted by atomic mass is 9.91. The number of carboxylic acid groups (broad SMARTS) is 1. The van der Waals surface area contributed by atoms with Gasteiger partial charge in [0.25, 0.3) is 0 Å². The first kappa shape index (κ1) is 19.3. The number of hydrogen-bond donors (Lipinski definition) is 2. The van der Waals surface area contributed by atoms with Crippen LogP contribution in [0.1, 0.15) is 76.7 Å². The molecule has 0 amide bonds. The molecule has 2 N–H and O–H groups in total. The monoisotopic (exact) mass is 406 g/mol. The van der Waals surface area contributed by atoms with Crippen LogP contribution in [0.4, 0.5) is 4.39 Å². The van der Waals surface area contributed by atoms with Crippen LogP contribution in [0, 0.1) is 12.7 Å². The molecule has 3 aromatic rings. The van der Waals surface area contributed by atoms with E-state index < -0.39 is 11.8 Å². The van der Waals surface area contributed by atoms with Gasteiger partial charge in [0.1, 0.15) is 5.82 Å². The Bertz CT molecular complexity index is 1120. The van der Waals surface area contributed by atoms with Crippen LogP contribution in [-0.2, 0) is 6.54 Å². The normalized spacial score (nSPS) is 20.0. The highest BCUT2D eigenvalue weighted by molar-refractivity contribution is 5.88. The van der Waals surface area contributed by atoms with Crippen molar-refractivity contribution in [2.45, 2.75) is 57.5 Å². The molecule has 1 saturated heterocycles. The number of hydrogen-bond acceptors (Lipinski definition) is 2. The predicted molar refractivity (Wildman–Crippen MR) is 115 cm³/mol. The predicted octanol–water partition coefficient (Wildman–Crippen LogP) is 5.92. The second kappa shape index (κ2) is 7.55. The lowest BCUT2D eigenvalue weighted by molar-refractivity contribution is 0.0691. The number of carbonyl (C=O) groups is 1. The molecular formula is C25H27FN2O2. The maximum Gasteiger partial charge on any atom is 0.338 e. The second-order valence-corrected chi connectivity index (χ2v) is 8.83. The lowest BCUT2D eigenvalue weighted by Crippen LogP contribution is -2.33. The maximum absolute atomic E-state index is 14.4. The smallest absolute Gasteiger partial charge is 0.338 e. The summed E-state index contributed by atoms with van der Waals surface area (Å²) in [6.07, 6.45) is 7.74. The van der Waals surface area contributed by atoms with E-state index in [2.05, 4.69) is 28.9 Å². The summed E-state index contributed by atoms with van der Waals surface area (Å²) in [5, 5.41) is 10.5. The van der Waals surface area contributed by atoms with E-state index in [1.807, 2.05) is 6.20 Å². The molecule has 1 saturated carbocycles. The van der Waals surface area contributed by atoms with Crippen LogP contribution in [0.5, 0.6) is 0 Å². The lowest BCUT2D eigenvalue weighted by Gasteiger charge is -2.37. The Morgan fingerprint density at radius 1 is 1.20 bits per heavy atom. The van der Waals surface area contributed by atoms with Crippen LogP contribution in [-0.4, -0.2) is 27.5 Å². The molecule has 156 valence electrons. The van der Waals surface area contributed by atoms with Gasteiger partial charge < -0.3 is 10.1 Å². The topological polar surface area (TPSA) is 56.3 Å². The molecule has 1 aliphatic heterocycles. The molecule has 0 radical (unpaired) electrons. The number of fused-ring (bicyclic) bond motifs is 1. The fourth-order valence-electron chi connectivity index (χ4n) is 5.10. The number of likely N-dealkylation sites (tertiary alicyclic amines) is 1. The third-order valence-electron chi connectivity index (χ3n) is 6.79. The van der Waals surface area contributed by atoms with Crippen LogP contribution in [0.25, 0.3) is 10.9 Å². The first-order chi connectivity index (χ1) is 14.5. The van der Waals surface area contributed by atoms with E-state index in [0.717, 1.165) is 37.9 Å². The van der Waals surface area contributed by atoms with Crippen LogP contribution in [0.15, 0.2) is 36.5 Å². The van der Waals surface area contributed by atoms with E-state index in [4.69, 9.17) is 5.11 Å².